The van der Waals surface area contributed by atoms with Crippen molar-refractivity contribution in [2.45, 2.75) is 24.8 Å². The standard InChI is InChI=1S/C28H20BrNO2/c29-20-12-13-23-22(15-20)27(28(32)30(23)16-17-6-2-1-3-7-17)26-21-11-5-9-18-8-4-10-19(25(18)21)14-24(26)31/h1-13,15,26-27H,14,16H2. The fourth-order valence-corrected chi connectivity index (χ4v) is 5.76. The molecule has 0 N–H and O–H groups in total. The normalized spacial score (nSPS) is 19.5. The van der Waals surface area contributed by atoms with Crippen molar-refractivity contribution in [3.05, 3.63) is 112 Å². The lowest BCUT2D eigenvalue weighted by Gasteiger charge is -2.29. The summed E-state index contributed by atoms with van der Waals surface area (Å²) in [5, 5.41) is 2.25. The van der Waals surface area contributed by atoms with Gasteiger partial charge in [-0.2, -0.15) is 0 Å². The molecule has 6 rings (SSSR count). The Morgan fingerprint density at radius 1 is 0.812 bits per heavy atom. The molecule has 32 heavy (non-hydrogen) atoms. The highest BCUT2D eigenvalue weighted by molar-refractivity contribution is 9.10. The molecule has 0 spiro atoms. The van der Waals surface area contributed by atoms with E-state index in [4.69, 9.17) is 0 Å². The minimum atomic E-state index is -0.516. The molecule has 1 aliphatic carbocycles. The van der Waals surface area contributed by atoms with Gasteiger partial charge in [0.05, 0.1) is 18.4 Å². The molecule has 4 aromatic carbocycles. The molecule has 2 unspecified atom stereocenters. The van der Waals surface area contributed by atoms with Crippen molar-refractivity contribution in [1.29, 1.82) is 0 Å². The summed E-state index contributed by atoms with van der Waals surface area (Å²) in [7, 11) is 0. The predicted octanol–water partition coefficient (Wildman–Crippen LogP) is 6.14. The van der Waals surface area contributed by atoms with Gasteiger partial charge in [-0.1, -0.05) is 82.7 Å². The van der Waals surface area contributed by atoms with E-state index in [0.29, 0.717) is 13.0 Å². The summed E-state index contributed by atoms with van der Waals surface area (Å²) in [4.78, 5) is 29.3. The van der Waals surface area contributed by atoms with Crippen LogP contribution in [0, 0.1) is 0 Å². The number of nitrogens with zero attached hydrogens (tertiary/aromatic N) is 1. The molecule has 1 amide bonds. The quantitative estimate of drug-likeness (QED) is 0.352. The number of carbonyl (C=O) groups excluding carboxylic acids is 2. The largest absolute Gasteiger partial charge is 0.307 e. The van der Waals surface area contributed by atoms with Crippen LogP contribution in [0.25, 0.3) is 10.8 Å². The SMILES string of the molecule is O=C1Cc2cccc3cccc(c23)C1C1C(=O)N(Cc2ccccc2)c2ccc(Br)cc21. The van der Waals surface area contributed by atoms with E-state index in [1.165, 1.54) is 0 Å². The fourth-order valence-electron chi connectivity index (χ4n) is 5.38. The second kappa shape index (κ2) is 7.42. The van der Waals surface area contributed by atoms with Crippen molar-refractivity contribution in [2.24, 2.45) is 0 Å². The van der Waals surface area contributed by atoms with Crippen LogP contribution < -0.4 is 4.90 Å². The number of amides is 1. The molecule has 0 bridgehead atoms. The fraction of sp³-hybridized carbons (Fsp3) is 0.143. The van der Waals surface area contributed by atoms with Crippen LogP contribution >= 0.6 is 15.9 Å². The number of hydrogen-bond acceptors (Lipinski definition) is 2. The predicted molar refractivity (Wildman–Crippen MR) is 130 cm³/mol. The second-order valence-corrected chi connectivity index (χ2v) is 9.49. The van der Waals surface area contributed by atoms with E-state index in [-0.39, 0.29) is 11.7 Å². The van der Waals surface area contributed by atoms with Gasteiger partial charge in [0.25, 0.3) is 0 Å². The lowest BCUT2D eigenvalue weighted by atomic mass is 9.72. The van der Waals surface area contributed by atoms with E-state index in [2.05, 4.69) is 28.1 Å². The van der Waals surface area contributed by atoms with Gasteiger partial charge in [0, 0.05) is 16.6 Å². The smallest absolute Gasteiger partial charge is 0.236 e. The first-order valence-corrected chi connectivity index (χ1v) is 11.6. The Balaban J connectivity index is 1.52. The molecule has 0 aromatic heterocycles. The van der Waals surface area contributed by atoms with Crippen molar-refractivity contribution in [3.63, 3.8) is 0 Å². The Bertz CT molecular complexity index is 1390. The van der Waals surface area contributed by atoms with Crippen LogP contribution in [0.2, 0.25) is 0 Å². The summed E-state index contributed by atoms with van der Waals surface area (Å²) >= 11 is 3.58. The maximum atomic E-state index is 13.9. The van der Waals surface area contributed by atoms with E-state index < -0.39 is 11.8 Å². The number of halogens is 1. The topological polar surface area (TPSA) is 37.4 Å². The van der Waals surface area contributed by atoms with E-state index in [0.717, 1.165) is 43.2 Å². The van der Waals surface area contributed by atoms with Crippen molar-refractivity contribution in [3.8, 4) is 0 Å². The van der Waals surface area contributed by atoms with Gasteiger partial charge in [-0.3, -0.25) is 9.59 Å². The highest BCUT2D eigenvalue weighted by Gasteiger charge is 2.46. The van der Waals surface area contributed by atoms with Crippen LogP contribution in [0.1, 0.15) is 34.1 Å². The molecule has 0 saturated carbocycles. The summed E-state index contributed by atoms with van der Waals surface area (Å²) in [5.74, 6) is -0.883. The third-order valence-corrected chi connectivity index (χ3v) is 7.23. The first kappa shape index (κ1) is 19.4. The number of anilines is 1. The summed E-state index contributed by atoms with van der Waals surface area (Å²) < 4.78 is 0.914. The third kappa shape index (κ3) is 2.94. The van der Waals surface area contributed by atoms with Gasteiger partial charge in [0.1, 0.15) is 5.78 Å². The molecule has 2 atom stereocenters. The first-order valence-electron chi connectivity index (χ1n) is 10.8. The maximum absolute atomic E-state index is 13.9. The molecule has 0 saturated heterocycles. The van der Waals surface area contributed by atoms with E-state index in [1.54, 1.807) is 0 Å². The van der Waals surface area contributed by atoms with Gasteiger partial charge in [-0.15, -0.1) is 0 Å². The van der Waals surface area contributed by atoms with Crippen LogP contribution in [0.3, 0.4) is 0 Å². The number of Topliss-reactive ketones (excluding diaryl/α,β-unsaturated/α-hetero) is 1. The zero-order valence-electron chi connectivity index (χ0n) is 17.3. The minimum Gasteiger partial charge on any atom is -0.307 e. The highest BCUT2D eigenvalue weighted by Crippen LogP contribution is 2.50. The molecule has 156 valence electrons. The summed E-state index contributed by atoms with van der Waals surface area (Å²) in [6.07, 6.45) is 0.366. The van der Waals surface area contributed by atoms with Gasteiger partial charge < -0.3 is 4.90 Å². The van der Waals surface area contributed by atoms with E-state index in [1.807, 2.05) is 77.7 Å². The average Bonchev–Trinajstić information content (AvgIpc) is 3.05. The van der Waals surface area contributed by atoms with Crippen LogP contribution in [0.5, 0.6) is 0 Å². The molecule has 0 fully saturated rings. The lowest BCUT2D eigenvalue weighted by Crippen LogP contribution is -2.34. The van der Waals surface area contributed by atoms with Gasteiger partial charge >= 0.3 is 0 Å². The van der Waals surface area contributed by atoms with Crippen molar-refractivity contribution >= 4 is 44.1 Å². The molecule has 1 heterocycles. The third-order valence-electron chi connectivity index (χ3n) is 6.73. The van der Waals surface area contributed by atoms with Crippen LogP contribution in [0.15, 0.2) is 89.4 Å². The van der Waals surface area contributed by atoms with Crippen molar-refractivity contribution < 1.29 is 9.59 Å². The number of hydrogen-bond donors (Lipinski definition) is 0. The Morgan fingerprint density at radius 2 is 1.59 bits per heavy atom. The van der Waals surface area contributed by atoms with Crippen LogP contribution in [-0.2, 0) is 22.6 Å². The molecular formula is C28H20BrNO2. The van der Waals surface area contributed by atoms with E-state index >= 15 is 0 Å². The molecule has 4 aromatic rings. The lowest BCUT2D eigenvalue weighted by molar-refractivity contribution is -0.126. The highest BCUT2D eigenvalue weighted by atomic mass is 79.9. The van der Waals surface area contributed by atoms with Gasteiger partial charge in [0.15, 0.2) is 0 Å². The van der Waals surface area contributed by atoms with Gasteiger partial charge in [-0.05, 0) is 51.2 Å². The monoisotopic (exact) mass is 481 g/mol. The zero-order valence-corrected chi connectivity index (χ0v) is 18.9. The van der Waals surface area contributed by atoms with Crippen molar-refractivity contribution in [2.75, 3.05) is 4.90 Å². The summed E-state index contributed by atoms with van der Waals surface area (Å²) in [6.45, 7) is 0.493. The molecule has 1 aliphatic heterocycles. The Kier molecular flexibility index (Phi) is 4.51. The first-order chi connectivity index (χ1) is 15.6. The van der Waals surface area contributed by atoms with Gasteiger partial charge in [-0.25, -0.2) is 0 Å². The van der Waals surface area contributed by atoms with Gasteiger partial charge in [0.2, 0.25) is 5.91 Å². The Hall–Kier alpha value is -3.24. The summed E-state index contributed by atoms with van der Waals surface area (Å²) in [6, 6.07) is 28.2. The number of ketones is 1. The minimum absolute atomic E-state index is 0.00307. The second-order valence-electron chi connectivity index (χ2n) is 8.57. The molecule has 3 nitrogen and oxygen atoms in total. The number of carbonyl (C=O) groups is 2. The van der Waals surface area contributed by atoms with E-state index in [9.17, 15) is 9.59 Å². The van der Waals surface area contributed by atoms with Crippen molar-refractivity contribution in [1.82, 2.24) is 0 Å². The number of fused-ring (bicyclic) bond motifs is 1. The molecule has 2 aliphatic rings. The maximum Gasteiger partial charge on any atom is 0.236 e. The molecular weight excluding hydrogens is 462 g/mol. The summed E-state index contributed by atoms with van der Waals surface area (Å²) in [5.41, 5.74) is 4.92. The molecule has 4 heteroatoms. The Labute approximate surface area is 194 Å². The number of benzene rings is 4. The molecule has 0 radical (unpaired) electrons. The number of rotatable bonds is 3. The average molecular weight is 482 g/mol. The van der Waals surface area contributed by atoms with Crippen LogP contribution in [-0.4, -0.2) is 11.7 Å². The zero-order chi connectivity index (χ0) is 21.8. The Morgan fingerprint density at radius 3 is 2.41 bits per heavy atom. The van der Waals surface area contributed by atoms with Crippen LogP contribution in [0.4, 0.5) is 5.69 Å².